The van der Waals surface area contributed by atoms with Crippen LogP contribution in [0.3, 0.4) is 0 Å². The first-order chi connectivity index (χ1) is 8.01. The molecule has 0 atom stereocenters. The number of para-hydroxylation sites is 1. The van der Waals surface area contributed by atoms with Crippen molar-refractivity contribution < 1.29 is 22.6 Å². The van der Waals surface area contributed by atoms with Crippen molar-refractivity contribution in [3.63, 3.8) is 0 Å². The van der Waals surface area contributed by atoms with Crippen LogP contribution in [0.1, 0.15) is 0 Å². The summed E-state index contributed by atoms with van der Waals surface area (Å²) in [4.78, 5) is 3.87. The molecule has 0 N–H and O–H groups in total. The molecule has 0 radical (unpaired) electrons. The zero-order chi connectivity index (χ0) is 12.5. The van der Waals surface area contributed by atoms with E-state index in [2.05, 4.69) is 9.72 Å². The number of methoxy groups -OCH3 is 1. The summed E-state index contributed by atoms with van der Waals surface area (Å²) in [6, 6.07) is 5.85. The third-order valence-corrected chi connectivity index (χ3v) is 2.14. The van der Waals surface area contributed by atoms with E-state index in [-0.39, 0.29) is 11.3 Å². The highest BCUT2D eigenvalue weighted by molar-refractivity contribution is 5.89. The number of ether oxygens (including phenoxy) is 2. The Morgan fingerprint density at radius 2 is 1.88 bits per heavy atom. The molecule has 2 rings (SSSR count). The van der Waals surface area contributed by atoms with Gasteiger partial charge in [-0.25, -0.2) is 0 Å². The van der Waals surface area contributed by atoms with Gasteiger partial charge in [0.05, 0.1) is 7.11 Å². The van der Waals surface area contributed by atoms with Crippen LogP contribution in [-0.4, -0.2) is 18.5 Å². The van der Waals surface area contributed by atoms with Crippen LogP contribution >= 0.6 is 0 Å². The van der Waals surface area contributed by atoms with Gasteiger partial charge in [0, 0.05) is 11.6 Å². The molecule has 3 nitrogen and oxygen atoms in total. The lowest BCUT2D eigenvalue weighted by molar-refractivity contribution is -0.274. The van der Waals surface area contributed by atoms with Gasteiger partial charge in [-0.1, -0.05) is 6.07 Å². The Balaban J connectivity index is 2.58. The minimum Gasteiger partial charge on any atom is -0.496 e. The number of pyridine rings is 1. The number of aromatic nitrogens is 1. The molecule has 6 heteroatoms. The molecular weight excluding hydrogens is 235 g/mol. The van der Waals surface area contributed by atoms with Crippen LogP contribution in [0.15, 0.2) is 30.5 Å². The lowest BCUT2D eigenvalue weighted by Crippen LogP contribution is -2.17. The summed E-state index contributed by atoms with van der Waals surface area (Å²) in [5, 5.41) is 0.469. The van der Waals surface area contributed by atoms with E-state index in [1.54, 1.807) is 12.1 Å². The van der Waals surface area contributed by atoms with E-state index in [4.69, 9.17) is 4.74 Å². The van der Waals surface area contributed by atoms with E-state index in [9.17, 15) is 13.2 Å². The SMILES string of the molecule is COc1ccnc2c(OC(F)(F)F)cccc12. The molecule has 0 fully saturated rings. The van der Waals surface area contributed by atoms with Gasteiger partial charge in [0.15, 0.2) is 5.75 Å². The number of nitrogens with zero attached hydrogens (tertiary/aromatic N) is 1. The first kappa shape index (κ1) is 11.5. The lowest BCUT2D eigenvalue weighted by atomic mass is 10.2. The number of halogens is 3. The van der Waals surface area contributed by atoms with E-state index in [1.165, 1.54) is 25.4 Å². The van der Waals surface area contributed by atoms with Crippen molar-refractivity contribution in [2.75, 3.05) is 7.11 Å². The van der Waals surface area contributed by atoms with E-state index < -0.39 is 6.36 Å². The van der Waals surface area contributed by atoms with Gasteiger partial charge in [0.1, 0.15) is 11.3 Å². The summed E-state index contributed by atoms with van der Waals surface area (Å²) in [6.07, 6.45) is -3.37. The van der Waals surface area contributed by atoms with Crippen LogP contribution in [0, 0.1) is 0 Å². The average Bonchev–Trinajstić information content (AvgIpc) is 2.27. The van der Waals surface area contributed by atoms with Crippen LogP contribution in [0.2, 0.25) is 0 Å². The fourth-order valence-electron chi connectivity index (χ4n) is 1.51. The Labute approximate surface area is 94.8 Å². The molecule has 17 heavy (non-hydrogen) atoms. The predicted octanol–water partition coefficient (Wildman–Crippen LogP) is 3.14. The highest BCUT2D eigenvalue weighted by atomic mass is 19.4. The van der Waals surface area contributed by atoms with E-state index in [0.29, 0.717) is 11.1 Å². The maximum Gasteiger partial charge on any atom is 0.573 e. The summed E-state index contributed by atoms with van der Waals surface area (Å²) in [6.45, 7) is 0. The van der Waals surface area contributed by atoms with Crippen LogP contribution in [0.5, 0.6) is 11.5 Å². The number of rotatable bonds is 2. The van der Waals surface area contributed by atoms with Crippen LogP contribution in [-0.2, 0) is 0 Å². The first-order valence-corrected chi connectivity index (χ1v) is 4.69. The average molecular weight is 243 g/mol. The number of benzene rings is 1. The smallest absolute Gasteiger partial charge is 0.496 e. The molecule has 0 unspecified atom stereocenters. The quantitative estimate of drug-likeness (QED) is 0.811. The van der Waals surface area contributed by atoms with Crippen LogP contribution < -0.4 is 9.47 Å². The van der Waals surface area contributed by atoms with Gasteiger partial charge < -0.3 is 9.47 Å². The number of fused-ring (bicyclic) bond motifs is 1. The predicted molar refractivity (Wildman–Crippen MR) is 55.0 cm³/mol. The highest BCUT2D eigenvalue weighted by Gasteiger charge is 2.32. The minimum atomic E-state index is -4.74. The molecule has 0 spiro atoms. The van der Waals surface area contributed by atoms with Crippen LogP contribution in [0.25, 0.3) is 10.9 Å². The van der Waals surface area contributed by atoms with Gasteiger partial charge in [0.2, 0.25) is 0 Å². The fraction of sp³-hybridized carbons (Fsp3) is 0.182. The Bertz CT molecular complexity index is 540. The van der Waals surface area contributed by atoms with Gasteiger partial charge in [0.25, 0.3) is 0 Å². The Morgan fingerprint density at radius 1 is 1.12 bits per heavy atom. The normalized spacial score (nSPS) is 11.5. The van der Waals surface area contributed by atoms with Gasteiger partial charge >= 0.3 is 6.36 Å². The Kier molecular flexibility index (Phi) is 2.79. The van der Waals surface area contributed by atoms with Crippen molar-refractivity contribution in [1.82, 2.24) is 4.98 Å². The molecule has 0 bridgehead atoms. The molecule has 90 valence electrons. The molecule has 0 aliphatic carbocycles. The van der Waals surface area contributed by atoms with Crippen molar-refractivity contribution in [3.8, 4) is 11.5 Å². The van der Waals surface area contributed by atoms with Crippen molar-refractivity contribution >= 4 is 10.9 Å². The number of alkyl halides is 3. The summed E-state index contributed by atoms with van der Waals surface area (Å²) < 4.78 is 45.4. The Morgan fingerprint density at radius 3 is 2.53 bits per heavy atom. The van der Waals surface area contributed by atoms with Crippen molar-refractivity contribution in [2.45, 2.75) is 6.36 Å². The maximum absolute atomic E-state index is 12.2. The topological polar surface area (TPSA) is 31.4 Å². The molecule has 0 amide bonds. The van der Waals surface area contributed by atoms with E-state index in [0.717, 1.165) is 0 Å². The molecule has 1 heterocycles. The van der Waals surface area contributed by atoms with Crippen molar-refractivity contribution in [3.05, 3.63) is 30.5 Å². The standard InChI is InChI=1S/C11H8F3NO2/c1-16-8-5-6-15-10-7(8)3-2-4-9(10)17-11(12,13)14/h2-6H,1H3. The summed E-state index contributed by atoms with van der Waals surface area (Å²) in [5.74, 6) is 0.108. The fourth-order valence-corrected chi connectivity index (χ4v) is 1.51. The third-order valence-electron chi connectivity index (χ3n) is 2.14. The second kappa shape index (κ2) is 4.12. The maximum atomic E-state index is 12.2. The summed E-state index contributed by atoms with van der Waals surface area (Å²) >= 11 is 0. The van der Waals surface area contributed by atoms with Gasteiger partial charge in [-0.3, -0.25) is 4.98 Å². The Hall–Kier alpha value is -1.98. The molecular formula is C11H8F3NO2. The van der Waals surface area contributed by atoms with Crippen molar-refractivity contribution in [2.24, 2.45) is 0 Å². The summed E-state index contributed by atoms with van der Waals surface area (Å²) in [7, 11) is 1.44. The molecule has 0 saturated heterocycles. The van der Waals surface area contributed by atoms with Gasteiger partial charge in [-0.15, -0.1) is 13.2 Å². The second-order valence-corrected chi connectivity index (χ2v) is 3.21. The van der Waals surface area contributed by atoms with Crippen LogP contribution in [0.4, 0.5) is 13.2 Å². The number of hydrogen-bond acceptors (Lipinski definition) is 3. The zero-order valence-corrected chi connectivity index (χ0v) is 8.78. The van der Waals surface area contributed by atoms with Crippen molar-refractivity contribution in [1.29, 1.82) is 0 Å². The molecule has 0 aliphatic heterocycles. The monoisotopic (exact) mass is 243 g/mol. The van der Waals surface area contributed by atoms with E-state index in [1.807, 2.05) is 0 Å². The molecule has 1 aromatic carbocycles. The highest BCUT2D eigenvalue weighted by Crippen LogP contribution is 2.32. The van der Waals surface area contributed by atoms with E-state index >= 15 is 0 Å². The minimum absolute atomic E-state index is 0.115. The third kappa shape index (κ3) is 2.41. The molecule has 0 aliphatic rings. The lowest BCUT2D eigenvalue weighted by Gasteiger charge is -2.11. The molecule has 1 aromatic heterocycles. The second-order valence-electron chi connectivity index (χ2n) is 3.21. The molecule has 0 saturated carbocycles. The first-order valence-electron chi connectivity index (χ1n) is 4.69. The molecule has 2 aromatic rings. The number of hydrogen-bond donors (Lipinski definition) is 0. The summed E-state index contributed by atoms with van der Waals surface area (Å²) in [5.41, 5.74) is 0.115. The largest absolute Gasteiger partial charge is 0.573 e. The zero-order valence-electron chi connectivity index (χ0n) is 8.78. The van der Waals surface area contributed by atoms with Gasteiger partial charge in [-0.2, -0.15) is 0 Å². The van der Waals surface area contributed by atoms with Gasteiger partial charge in [-0.05, 0) is 18.2 Å².